The number of sulfonamides is 1. The summed E-state index contributed by atoms with van der Waals surface area (Å²) in [5.74, 6) is -0.585. The van der Waals surface area contributed by atoms with E-state index in [2.05, 4.69) is 10.0 Å². The molecule has 166 valence electrons. The lowest BCUT2D eigenvalue weighted by Crippen LogP contribution is -2.50. The summed E-state index contributed by atoms with van der Waals surface area (Å²) in [6.07, 6.45) is 3.80. The van der Waals surface area contributed by atoms with Gasteiger partial charge < -0.3 is 15.5 Å². The molecule has 4 N–H and O–H groups in total. The Labute approximate surface area is 172 Å². The van der Waals surface area contributed by atoms with Crippen molar-refractivity contribution in [2.45, 2.75) is 69.3 Å². The van der Waals surface area contributed by atoms with Gasteiger partial charge in [0, 0.05) is 19.1 Å². The zero-order valence-corrected chi connectivity index (χ0v) is 17.9. The predicted octanol–water partition coefficient (Wildman–Crippen LogP) is 0.321. The van der Waals surface area contributed by atoms with Crippen molar-refractivity contribution >= 4 is 22.0 Å². The molecule has 29 heavy (non-hydrogen) atoms. The van der Waals surface area contributed by atoms with E-state index in [0.29, 0.717) is 37.3 Å². The molecule has 0 bridgehead atoms. The number of aliphatic carboxylic acids is 2. The van der Waals surface area contributed by atoms with Crippen LogP contribution >= 0.6 is 0 Å². The van der Waals surface area contributed by atoms with Gasteiger partial charge in [-0.2, -0.15) is 0 Å². The number of hydrogen-bond acceptors (Lipinski definition) is 6. The quantitative estimate of drug-likeness (QED) is 0.452. The van der Waals surface area contributed by atoms with E-state index in [0.717, 1.165) is 25.8 Å². The second kappa shape index (κ2) is 8.87. The van der Waals surface area contributed by atoms with Crippen LogP contribution in [-0.2, 0) is 19.6 Å². The van der Waals surface area contributed by atoms with Gasteiger partial charge in [0.15, 0.2) is 0 Å². The molecular weight excluding hydrogens is 398 g/mol. The summed E-state index contributed by atoms with van der Waals surface area (Å²) >= 11 is 0. The Balaban J connectivity index is 1.60. The molecule has 3 aliphatic rings. The minimum Gasteiger partial charge on any atom is -0.480 e. The lowest BCUT2D eigenvalue weighted by Gasteiger charge is -2.42. The van der Waals surface area contributed by atoms with Gasteiger partial charge in [-0.15, -0.1) is 0 Å². The highest BCUT2D eigenvalue weighted by atomic mass is 32.2. The Bertz CT molecular complexity index is 727. The highest BCUT2D eigenvalue weighted by molar-refractivity contribution is 7.90. The molecule has 0 aromatic rings. The van der Waals surface area contributed by atoms with Crippen LogP contribution in [0.5, 0.6) is 0 Å². The van der Waals surface area contributed by atoms with Crippen molar-refractivity contribution in [2.24, 2.45) is 17.8 Å². The van der Waals surface area contributed by atoms with Gasteiger partial charge in [-0.1, -0.05) is 0 Å². The van der Waals surface area contributed by atoms with Crippen LogP contribution < -0.4 is 10.0 Å². The number of rotatable bonds is 7. The molecule has 0 radical (unpaired) electrons. The zero-order chi connectivity index (χ0) is 21.3. The number of carboxylic acids is 2. The first-order valence-electron chi connectivity index (χ1n) is 10.5. The summed E-state index contributed by atoms with van der Waals surface area (Å²) < 4.78 is 27.0. The van der Waals surface area contributed by atoms with Gasteiger partial charge in [0.1, 0.15) is 12.1 Å². The van der Waals surface area contributed by atoms with Gasteiger partial charge in [-0.25, -0.2) is 13.1 Å². The number of hydrogen-bond donors (Lipinski definition) is 4. The van der Waals surface area contributed by atoms with Crippen LogP contribution in [0.3, 0.4) is 0 Å². The van der Waals surface area contributed by atoms with E-state index in [1.165, 1.54) is 0 Å². The smallest absolute Gasteiger partial charge is 0.320 e. The van der Waals surface area contributed by atoms with Crippen LogP contribution in [-0.4, -0.2) is 78.5 Å². The van der Waals surface area contributed by atoms with Gasteiger partial charge >= 0.3 is 11.9 Å². The first-order valence-corrected chi connectivity index (χ1v) is 12.1. The number of carboxylic acid groups (broad SMARTS) is 2. The minimum atomic E-state index is -3.45. The lowest BCUT2D eigenvalue weighted by atomic mass is 9.69. The van der Waals surface area contributed by atoms with Crippen LogP contribution in [0.4, 0.5) is 0 Å². The maximum Gasteiger partial charge on any atom is 0.320 e. The predicted molar refractivity (Wildman–Crippen MR) is 107 cm³/mol. The Morgan fingerprint density at radius 2 is 1.83 bits per heavy atom. The third kappa shape index (κ3) is 5.28. The molecule has 2 saturated heterocycles. The monoisotopic (exact) mass is 431 g/mol. The van der Waals surface area contributed by atoms with Crippen LogP contribution in [0.15, 0.2) is 0 Å². The summed E-state index contributed by atoms with van der Waals surface area (Å²) in [6, 6.07) is -1.58. The lowest BCUT2D eigenvalue weighted by molar-refractivity contribution is -0.143. The molecule has 1 saturated carbocycles. The molecule has 0 aromatic heterocycles. The molecule has 10 heteroatoms. The number of likely N-dealkylation sites (tertiary alicyclic amines) is 1. The topological polar surface area (TPSA) is 136 Å². The first-order chi connectivity index (χ1) is 13.6. The number of piperidine rings is 1. The van der Waals surface area contributed by atoms with Gasteiger partial charge in [0.05, 0.1) is 5.25 Å². The molecule has 0 spiro atoms. The summed E-state index contributed by atoms with van der Waals surface area (Å²) in [4.78, 5) is 25.0. The summed E-state index contributed by atoms with van der Waals surface area (Å²) in [5.41, 5.74) is 0. The summed E-state index contributed by atoms with van der Waals surface area (Å²) in [5, 5.41) is 21.5. The van der Waals surface area contributed by atoms with Crippen molar-refractivity contribution in [3.8, 4) is 0 Å². The van der Waals surface area contributed by atoms with E-state index >= 15 is 0 Å². The molecule has 9 nitrogen and oxygen atoms in total. The van der Waals surface area contributed by atoms with E-state index in [1.54, 1.807) is 13.8 Å². The molecular formula is C19H33N3O6S. The largest absolute Gasteiger partial charge is 0.480 e. The van der Waals surface area contributed by atoms with Crippen molar-refractivity contribution in [2.75, 3.05) is 19.6 Å². The third-order valence-electron chi connectivity index (χ3n) is 6.84. The van der Waals surface area contributed by atoms with E-state index < -0.39 is 45.3 Å². The van der Waals surface area contributed by atoms with Crippen molar-refractivity contribution in [3.63, 3.8) is 0 Å². The fraction of sp³-hybridized carbons (Fsp3) is 0.895. The Hall–Kier alpha value is -1.23. The van der Waals surface area contributed by atoms with E-state index in [4.69, 9.17) is 0 Å². The Morgan fingerprint density at radius 1 is 1.10 bits per heavy atom. The van der Waals surface area contributed by atoms with Gasteiger partial charge in [-0.05, 0) is 70.3 Å². The number of fused-ring (bicyclic) bond motifs is 1. The van der Waals surface area contributed by atoms with Crippen LogP contribution in [0.25, 0.3) is 0 Å². The third-order valence-corrected chi connectivity index (χ3v) is 8.75. The first kappa shape index (κ1) is 22.5. The molecule has 0 amide bonds. The summed E-state index contributed by atoms with van der Waals surface area (Å²) in [7, 11) is -3.45. The maximum absolute atomic E-state index is 12.2. The average molecular weight is 432 g/mol. The van der Waals surface area contributed by atoms with Crippen molar-refractivity contribution in [1.29, 1.82) is 0 Å². The molecule has 6 unspecified atom stereocenters. The Morgan fingerprint density at radius 3 is 2.45 bits per heavy atom. The second-order valence-corrected chi connectivity index (χ2v) is 11.5. The molecule has 2 aliphatic heterocycles. The molecule has 0 aromatic carbocycles. The van der Waals surface area contributed by atoms with Crippen molar-refractivity contribution in [3.05, 3.63) is 0 Å². The van der Waals surface area contributed by atoms with E-state index in [1.807, 2.05) is 4.90 Å². The normalized spacial score (nSPS) is 36.1. The van der Waals surface area contributed by atoms with Gasteiger partial charge in [0.25, 0.3) is 0 Å². The number of nitrogens with zero attached hydrogens (tertiary/aromatic N) is 1. The number of carbonyl (C=O) groups is 2. The zero-order valence-electron chi connectivity index (χ0n) is 17.1. The van der Waals surface area contributed by atoms with Gasteiger partial charge in [-0.3, -0.25) is 14.5 Å². The fourth-order valence-electron chi connectivity index (χ4n) is 5.16. The maximum atomic E-state index is 12.2. The average Bonchev–Trinajstić information content (AvgIpc) is 3.02. The SMILES string of the molecule is CC(C)S(=O)(=O)NC1CC(C(=O)O)N(CC2CCC3CNC(C(=O)O)CC3C2)C1. The van der Waals surface area contributed by atoms with Crippen molar-refractivity contribution in [1.82, 2.24) is 14.9 Å². The Kier molecular flexibility index (Phi) is 6.87. The minimum absolute atomic E-state index is 0.269. The van der Waals surface area contributed by atoms with Crippen LogP contribution in [0.1, 0.15) is 46.0 Å². The van der Waals surface area contributed by atoms with Crippen molar-refractivity contribution < 1.29 is 28.2 Å². The molecule has 1 aliphatic carbocycles. The van der Waals surface area contributed by atoms with Crippen LogP contribution in [0, 0.1) is 17.8 Å². The molecule has 3 fully saturated rings. The highest BCUT2D eigenvalue weighted by Crippen LogP contribution is 2.39. The molecule has 2 heterocycles. The van der Waals surface area contributed by atoms with Gasteiger partial charge in [0.2, 0.25) is 10.0 Å². The highest BCUT2D eigenvalue weighted by Gasteiger charge is 2.42. The van der Waals surface area contributed by atoms with E-state index in [9.17, 15) is 28.2 Å². The van der Waals surface area contributed by atoms with E-state index in [-0.39, 0.29) is 6.42 Å². The summed E-state index contributed by atoms with van der Waals surface area (Å²) in [6.45, 7) is 4.95. The molecule has 3 rings (SSSR count). The number of nitrogens with one attached hydrogen (secondary N) is 2. The molecule has 6 atom stereocenters. The fourth-order valence-corrected chi connectivity index (χ4v) is 6.07. The van der Waals surface area contributed by atoms with Crippen LogP contribution in [0.2, 0.25) is 0 Å². The second-order valence-electron chi connectivity index (χ2n) is 9.19. The standard InChI is InChI=1S/C19H33N3O6S/c1-11(2)29(27,28)21-15-7-17(19(25)26)22(10-15)9-12-3-4-13-8-20-16(18(23)24)6-14(13)5-12/h11-17,20-21H,3-10H2,1-2H3,(H,23,24)(H,25,26).